The van der Waals surface area contributed by atoms with Crippen molar-refractivity contribution in [3.8, 4) is 0 Å². The molecular weight excluding hydrogens is 216 g/mol. The molecule has 1 aromatic heterocycles. The molecule has 0 amide bonds. The Morgan fingerprint density at radius 2 is 2.06 bits per heavy atom. The fourth-order valence-corrected chi connectivity index (χ4v) is 4.07. The largest absolute Gasteiger partial charge is 0.328 e. The molecule has 2 aliphatic rings. The highest BCUT2D eigenvalue weighted by molar-refractivity contribution is 7.09. The van der Waals surface area contributed by atoms with E-state index >= 15 is 0 Å². The molecular formula is C13H20N2S. The molecule has 88 valence electrons. The topological polar surface area (TPSA) is 29.3 Å². The zero-order valence-corrected chi connectivity index (χ0v) is 10.5. The molecule has 2 N–H and O–H groups in total. The van der Waals surface area contributed by atoms with Gasteiger partial charge < -0.3 is 5.73 Å². The highest BCUT2D eigenvalue weighted by atomic mass is 32.1. The van der Waals surface area contributed by atoms with Crippen LogP contribution in [0.3, 0.4) is 0 Å². The molecule has 0 aliphatic carbocycles. The van der Waals surface area contributed by atoms with Crippen LogP contribution in [0.5, 0.6) is 0 Å². The van der Waals surface area contributed by atoms with Crippen molar-refractivity contribution in [3.63, 3.8) is 0 Å². The molecule has 0 radical (unpaired) electrons. The monoisotopic (exact) mass is 236 g/mol. The van der Waals surface area contributed by atoms with Gasteiger partial charge in [0.05, 0.1) is 0 Å². The molecule has 2 atom stereocenters. The summed E-state index contributed by atoms with van der Waals surface area (Å²) in [5.74, 6) is 0. The van der Waals surface area contributed by atoms with E-state index in [0.29, 0.717) is 6.04 Å². The first-order chi connectivity index (χ1) is 7.83. The highest BCUT2D eigenvalue weighted by Gasteiger charge is 2.36. The van der Waals surface area contributed by atoms with Crippen molar-refractivity contribution in [2.24, 2.45) is 5.73 Å². The van der Waals surface area contributed by atoms with E-state index in [0.717, 1.165) is 18.6 Å². The summed E-state index contributed by atoms with van der Waals surface area (Å²) in [5.41, 5.74) is 6.14. The summed E-state index contributed by atoms with van der Waals surface area (Å²) in [6.07, 6.45) is 6.54. The minimum Gasteiger partial charge on any atom is -0.328 e. The van der Waals surface area contributed by atoms with Gasteiger partial charge in [-0.25, -0.2) is 0 Å². The number of thiophene rings is 1. The Bertz CT molecular complexity index is 322. The molecule has 16 heavy (non-hydrogen) atoms. The fraction of sp³-hybridized carbons (Fsp3) is 0.692. The first-order valence-electron chi connectivity index (χ1n) is 6.36. The van der Waals surface area contributed by atoms with Crippen molar-refractivity contribution >= 4 is 11.3 Å². The van der Waals surface area contributed by atoms with Crippen molar-refractivity contribution in [1.82, 2.24) is 4.90 Å². The lowest BCUT2D eigenvalue weighted by Gasteiger charge is -2.48. The maximum Gasteiger partial charge on any atom is 0.0333 e. The average Bonchev–Trinajstić information content (AvgIpc) is 2.72. The third-order valence-corrected chi connectivity index (χ3v) is 4.94. The lowest BCUT2D eigenvalue weighted by Crippen LogP contribution is -2.54. The molecule has 0 saturated carbocycles. The zero-order chi connectivity index (χ0) is 11.0. The Balaban J connectivity index is 1.74. The second-order valence-electron chi connectivity index (χ2n) is 5.22. The molecule has 3 heteroatoms. The van der Waals surface area contributed by atoms with E-state index in [4.69, 9.17) is 5.73 Å². The Morgan fingerprint density at radius 3 is 2.69 bits per heavy atom. The van der Waals surface area contributed by atoms with Crippen LogP contribution in [0.4, 0.5) is 0 Å². The number of nitrogens with zero attached hydrogens (tertiary/aromatic N) is 1. The first kappa shape index (κ1) is 10.8. The summed E-state index contributed by atoms with van der Waals surface area (Å²) < 4.78 is 0. The van der Waals surface area contributed by atoms with Crippen LogP contribution in [0.1, 0.15) is 37.0 Å². The van der Waals surface area contributed by atoms with Gasteiger partial charge in [0, 0.05) is 29.5 Å². The number of piperidine rings is 2. The Hall–Kier alpha value is -0.380. The van der Waals surface area contributed by atoms with E-state index < -0.39 is 0 Å². The van der Waals surface area contributed by atoms with Gasteiger partial charge in [-0.05, 0) is 37.1 Å². The summed E-state index contributed by atoms with van der Waals surface area (Å²) in [6, 6.07) is 6.38. The molecule has 3 heterocycles. The number of nitrogens with two attached hydrogens (primary N) is 1. The predicted molar refractivity (Wildman–Crippen MR) is 68.5 cm³/mol. The van der Waals surface area contributed by atoms with Gasteiger partial charge in [0.15, 0.2) is 0 Å². The molecule has 2 saturated heterocycles. The number of rotatable bonds is 2. The molecule has 2 fully saturated rings. The lowest BCUT2D eigenvalue weighted by molar-refractivity contribution is 0.0253. The summed E-state index contributed by atoms with van der Waals surface area (Å²) in [5, 5.41) is 2.18. The molecule has 2 nitrogen and oxygen atoms in total. The predicted octanol–water partition coefficient (Wildman–Crippen LogP) is 2.59. The number of hydrogen-bond acceptors (Lipinski definition) is 3. The Morgan fingerprint density at radius 1 is 1.31 bits per heavy atom. The van der Waals surface area contributed by atoms with Crippen LogP contribution in [0.25, 0.3) is 0 Å². The van der Waals surface area contributed by atoms with Crippen molar-refractivity contribution in [2.45, 2.75) is 56.8 Å². The number of hydrogen-bond donors (Lipinski definition) is 1. The van der Waals surface area contributed by atoms with Crippen LogP contribution in [0.15, 0.2) is 17.5 Å². The molecule has 0 aromatic carbocycles. The van der Waals surface area contributed by atoms with Crippen LogP contribution in [0.2, 0.25) is 0 Å². The Labute approximate surface area is 101 Å². The van der Waals surface area contributed by atoms with E-state index in [2.05, 4.69) is 22.4 Å². The minimum absolute atomic E-state index is 0.454. The normalized spacial score (nSPS) is 35.2. The summed E-state index contributed by atoms with van der Waals surface area (Å²) in [7, 11) is 0. The molecule has 2 bridgehead atoms. The maximum absolute atomic E-state index is 6.14. The third kappa shape index (κ3) is 2.04. The van der Waals surface area contributed by atoms with Gasteiger partial charge in [0.2, 0.25) is 0 Å². The van der Waals surface area contributed by atoms with Gasteiger partial charge in [-0.15, -0.1) is 11.3 Å². The molecule has 3 rings (SSSR count). The van der Waals surface area contributed by atoms with E-state index in [1.54, 1.807) is 0 Å². The minimum atomic E-state index is 0.454. The average molecular weight is 236 g/mol. The third-order valence-electron chi connectivity index (χ3n) is 4.08. The second kappa shape index (κ2) is 4.47. The van der Waals surface area contributed by atoms with E-state index in [-0.39, 0.29) is 0 Å². The Kier molecular flexibility index (Phi) is 3.01. The van der Waals surface area contributed by atoms with Gasteiger partial charge >= 0.3 is 0 Å². The van der Waals surface area contributed by atoms with Crippen LogP contribution in [-0.4, -0.2) is 23.0 Å². The maximum atomic E-state index is 6.14. The van der Waals surface area contributed by atoms with Crippen molar-refractivity contribution in [3.05, 3.63) is 22.4 Å². The SMILES string of the molecule is NC1C[C@@H]2CCC[C@@H](C1)N2Cc1cccs1. The summed E-state index contributed by atoms with van der Waals surface area (Å²) in [4.78, 5) is 4.23. The van der Waals surface area contributed by atoms with E-state index in [1.165, 1.54) is 37.0 Å². The summed E-state index contributed by atoms with van der Waals surface area (Å²) in [6.45, 7) is 1.15. The van der Waals surface area contributed by atoms with Crippen molar-refractivity contribution < 1.29 is 0 Å². The highest BCUT2D eigenvalue weighted by Crippen LogP contribution is 2.34. The lowest BCUT2D eigenvalue weighted by atomic mass is 9.82. The van der Waals surface area contributed by atoms with Crippen LogP contribution in [0, 0.1) is 0 Å². The van der Waals surface area contributed by atoms with Gasteiger partial charge in [-0.1, -0.05) is 12.5 Å². The zero-order valence-electron chi connectivity index (χ0n) is 9.64. The second-order valence-corrected chi connectivity index (χ2v) is 6.25. The van der Waals surface area contributed by atoms with Crippen molar-refractivity contribution in [1.29, 1.82) is 0 Å². The number of fused-ring (bicyclic) bond motifs is 2. The molecule has 1 aromatic rings. The fourth-order valence-electron chi connectivity index (χ4n) is 3.36. The molecule has 0 spiro atoms. The van der Waals surface area contributed by atoms with Gasteiger partial charge in [-0.2, -0.15) is 0 Å². The van der Waals surface area contributed by atoms with E-state index in [9.17, 15) is 0 Å². The summed E-state index contributed by atoms with van der Waals surface area (Å²) >= 11 is 1.88. The van der Waals surface area contributed by atoms with Gasteiger partial charge in [-0.3, -0.25) is 4.90 Å². The molecule has 0 unspecified atom stereocenters. The smallest absolute Gasteiger partial charge is 0.0333 e. The van der Waals surface area contributed by atoms with Crippen LogP contribution >= 0.6 is 11.3 Å². The van der Waals surface area contributed by atoms with Crippen LogP contribution in [-0.2, 0) is 6.54 Å². The van der Waals surface area contributed by atoms with Gasteiger partial charge in [0.25, 0.3) is 0 Å². The van der Waals surface area contributed by atoms with Crippen LogP contribution < -0.4 is 5.73 Å². The van der Waals surface area contributed by atoms with Crippen molar-refractivity contribution in [2.75, 3.05) is 0 Å². The standard InChI is InChI=1S/C13H20N2S/c14-10-7-11-3-1-4-12(8-10)15(11)9-13-5-2-6-16-13/h2,5-6,10-12H,1,3-4,7-9,14H2/t11-,12-/m0/s1. The van der Waals surface area contributed by atoms with Gasteiger partial charge in [0.1, 0.15) is 0 Å². The van der Waals surface area contributed by atoms with E-state index in [1.807, 2.05) is 11.3 Å². The molecule has 2 aliphatic heterocycles. The first-order valence-corrected chi connectivity index (χ1v) is 7.24. The quantitative estimate of drug-likeness (QED) is 0.855.